The average molecular weight is 1720 g/mol. The molecule has 7 heterocycles. The molecule has 3 aromatic heterocycles. The molecule has 10 aromatic carbocycles. The summed E-state index contributed by atoms with van der Waals surface area (Å²) in [5.74, 6) is -22.8. The number of hydrogen-bond acceptors (Lipinski definition) is 12. The highest BCUT2D eigenvalue weighted by Gasteiger charge is 2.51. The Balaban J connectivity index is 0.889. The first-order valence-corrected chi connectivity index (χ1v) is 41.3. The number of H-pyrrole nitrogens is 2. The minimum absolute atomic E-state index is 0.0138. The number of fused-ring (bicyclic) bond motifs is 8. The molecule has 8 bridgehead atoms. The van der Waals surface area contributed by atoms with E-state index in [1.807, 2.05) is 243 Å². The average Bonchev–Trinajstić information content (AvgIpc) is 1.57. The minimum atomic E-state index is -2.43. The highest BCUT2D eigenvalue weighted by molar-refractivity contribution is 5.95. The van der Waals surface area contributed by atoms with Crippen LogP contribution < -0.4 is 0 Å². The van der Waals surface area contributed by atoms with Gasteiger partial charge in [0.05, 0.1) is 112 Å². The monoisotopic (exact) mass is 1710 g/mol. The van der Waals surface area contributed by atoms with Gasteiger partial charge in [0.1, 0.15) is 48.8 Å². The summed E-state index contributed by atoms with van der Waals surface area (Å²) < 4.78 is 237. The summed E-state index contributed by atoms with van der Waals surface area (Å²) in [7, 11) is 0. The number of nitrogens with one attached hydrogen (secondary N) is 2. The molecule has 2 fully saturated rings. The van der Waals surface area contributed by atoms with Crippen LogP contribution in [0, 0.1) is 58.2 Å². The lowest BCUT2D eigenvalue weighted by Gasteiger charge is -2.46. The lowest BCUT2D eigenvalue weighted by Crippen LogP contribution is -2.61. The Morgan fingerprint density at radius 3 is 0.722 bits per heavy atom. The first-order valence-electron chi connectivity index (χ1n) is 41.3. The smallest absolute Gasteiger partial charge is 0.200 e. The Morgan fingerprint density at radius 2 is 0.452 bits per heavy atom. The maximum atomic E-state index is 17.4. The van der Waals surface area contributed by atoms with Crippen LogP contribution in [-0.4, -0.2) is 94.2 Å². The van der Waals surface area contributed by atoms with Crippen molar-refractivity contribution in [3.8, 4) is 22.3 Å². The van der Waals surface area contributed by atoms with E-state index in [0.29, 0.717) is 0 Å². The fourth-order valence-corrected chi connectivity index (χ4v) is 16.4. The molecule has 2 N–H and O–H groups in total. The van der Waals surface area contributed by atoms with Gasteiger partial charge in [-0.1, -0.05) is 243 Å². The lowest BCUT2D eigenvalue weighted by molar-refractivity contribution is -0.272. The largest absolute Gasteiger partial charge is 0.374 e. The Labute approximate surface area is 719 Å². The first kappa shape index (κ1) is 85.8. The third-order valence-corrected chi connectivity index (χ3v) is 22.7. The molecule has 17 rings (SSSR count). The second-order valence-corrected chi connectivity index (χ2v) is 31.0. The maximum absolute atomic E-state index is 17.4. The van der Waals surface area contributed by atoms with Gasteiger partial charge < -0.3 is 57.3 Å². The van der Waals surface area contributed by atoms with E-state index < -0.39 is 141 Å². The lowest BCUT2D eigenvalue weighted by atomic mass is 9.90. The maximum Gasteiger partial charge on any atom is 0.200 e. The highest BCUT2D eigenvalue weighted by atomic mass is 19.2. The van der Waals surface area contributed by atoms with Gasteiger partial charge in [-0.05, 0) is 93.1 Å². The van der Waals surface area contributed by atoms with E-state index in [9.17, 15) is 0 Å². The molecule has 0 amide bonds. The molecule has 0 saturated carbocycles. The summed E-state index contributed by atoms with van der Waals surface area (Å²) >= 11 is 0. The summed E-state index contributed by atoms with van der Waals surface area (Å²) in [6, 6.07) is 80.6. The molecule has 10 atom stereocenters. The van der Waals surface area contributed by atoms with E-state index in [4.69, 9.17) is 57.3 Å². The van der Waals surface area contributed by atoms with Crippen molar-refractivity contribution >= 4 is 46.4 Å². The number of aromatic nitrogens is 4. The second kappa shape index (κ2) is 39.9. The van der Waals surface area contributed by atoms with Gasteiger partial charge in [0, 0.05) is 57.2 Å². The van der Waals surface area contributed by atoms with Crippen molar-refractivity contribution < 1.29 is 91.3 Å². The van der Waals surface area contributed by atoms with Crippen molar-refractivity contribution in [2.45, 2.75) is 127 Å². The zero-order chi connectivity index (χ0) is 86.6. The Kier molecular flexibility index (Phi) is 27.2. The predicted octanol–water partition coefficient (Wildman–Crippen LogP) is 21.9. The van der Waals surface area contributed by atoms with Gasteiger partial charge in [-0.3, -0.25) is 0 Å². The molecule has 13 aromatic rings. The fourth-order valence-electron chi connectivity index (χ4n) is 16.4. The Hall–Kier alpha value is -12.3. The van der Waals surface area contributed by atoms with Crippen LogP contribution in [0.2, 0.25) is 0 Å². The number of benzene rings is 10. The van der Waals surface area contributed by atoms with E-state index in [2.05, 4.69) is 9.97 Å². The summed E-state index contributed by atoms with van der Waals surface area (Å²) in [6.07, 6.45) is -5.95. The molecule has 0 aliphatic carbocycles. The van der Waals surface area contributed by atoms with Crippen LogP contribution in [0.5, 0.6) is 0 Å². The molecular weight excluding hydrogens is 1630 g/mol. The summed E-state index contributed by atoms with van der Waals surface area (Å²) in [5, 5.41) is 0. The standard InChI is InChI=1S/C102H84F10N4O10/c103-87-85(88(104)92(108)95(111)91(87)107)83-75-45-41-71(113-75)69(49-79-97(119-53-63-29-13-3-14-30-63)101(123-57-67-37-21-7-22-38-67)99(121-55-65-33-17-5-18-34-65)81(125-79)59-117-51-61-25-9-1-10-26-61)72-42-46-76(114-72)84(86-89(105)93(109)96(112)94(110)90(86)106)78-48-44-74(116-78)70(73-43-47-77(83)115-73)50-80-98(120-54-64-31-15-4-16-32-64)102(124-58-68-39-23-8-24-40-68)100(122-56-66-35-19-6-20-36-66)82(126-80)60-118-52-62-27-11-2-12-28-62/h1-48,79-82,97-102,113,116H,49-60H2/t79-,80-,81-,82-,97+,98+,99+,100+,101-,102-/m1/s1. The third kappa shape index (κ3) is 19.4. The van der Waals surface area contributed by atoms with E-state index in [1.165, 1.54) is 48.6 Å². The van der Waals surface area contributed by atoms with Crippen molar-refractivity contribution in [2.75, 3.05) is 13.2 Å². The van der Waals surface area contributed by atoms with Crippen molar-refractivity contribution in [3.05, 3.63) is 404 Å². The molecule has 2 saturated heterocycles. The SMILES string of the molecule is Fc1c(F)c(F)c(-c2c3nc(c(C[C@H]4O[C@H](COCc5ccccc5)[C@H](OCc5ccccc5)[C@H](OCc5ccccc5)[C@H]4OCc4ccccc4)c4ccc([nH]4)c(-c4c(F)c(F)c(F)c(F)c4F)c4nc(c(C[C@H]5O[C@H](COCc6ccccc6)[C@H](OCc6ccccc6)[C@H](OCc6ccccc6)[C@H]5OCc5ccccc5)c5ccc2[nH]5)C=C4)C=C3)c(F)c1F. The van der Waals surface area contributed by atoms with Crippen molar-refractivity contribution in [1.29, 1.82) is 0 Å². The van der Waals surface area contributed by atoms with Crippen LogP contribution in [0.25, 0.3) is 68.6 Å². The van der Waals surface area contributed by atoms with Crippen LogP contribution in [0.4, 0.5) is 43.9 Å². The zero-order valence-corrected chi connectivity index (χ0v) is 67.7. The van der Waals surface area contributed by atoms with Gasteiger partial charge in [0.25, 0.3) is 0 Å². The topological polar surface area (TPSA) is 150 Å². The van der Waals surface area contributed by atoms with Crippen LogP contribution >= 0.6 is 0 Å². The van der Waals surface area contributed by atoms with E-state index in [1.54, 1.807) is 0 Å². The van der Waals surface area contributed by atoms with E-state index in [0.717, 1.165) is 44.5 Å². The molecular formula is C102H84F10N4O10. The van der Waals surface area contributed by atoms with Crippen LogP contribution in [-0.2, 0) is 113 Å². The van der Waals surface area contributed by atoms with Crippen molar-refractivity contribution in [3.63, 3.8) is 0 Å². The molecule has 24 heteroatoms. The van der Waals surface area contributed by atoms with Gasteiger partial charge >= 0.3 is 0 Å². The molecule has 0 radical (unpaired) electrons. The summed E-state index contributed by atoms with van der Waals surface area (Å²) in [5.41, 5.74) is 1.22. The molecule has 0 spiro atoms. The zero-order valence-electron chi connectivity index (χ0n) is 67.7. The van der Waals surface area contributed by atoms with Gasteiger partial charge in [0.2, 0.25) is 11.6 Å². The molecule has 0 unspecified atom stereocenters. The molecule has 4 aliphatic heterocycles. The third-order valence-electron chi connectivity index (χ3n) is 22.7. The van der Waals surface area contributed by atoms with Crippen molar-refractivity contribution in [2.24, 2.45) is 0 Å². The van der Waals surface area contributed by atoms with Crippen LogP contribution in [0.3, 0.4) is 0 Å². The highest BCUT2D eigenvalue weighted by Crippen LogP contribution is 2.44. The molecule has 14 nitrogen and oxygen atoms in total. The molecule has 4 aliphatic rings. The quantitative estimate of drug-likeness (QED) is 0.0235. The Bertz CT molecular complexity index is 5740. The first-order chi connectivity index (χ1) is 61.6. The van der Waals surface area contributed by atoms with Crippen LogP contribution in [0.1, 0.15) is 78.4 Å². The van der Waals surface area contributed by atoms with Gasteiger partial charge in [-0.15, -0.1) is 0 Å². The van der Waals surface area contributed by atoms with Gasteiger partial charge in [0.15, 0.2) is 46.5 Å². The Morgan fingerprint density at radius 1 is 0.230 bits per heavy atom. The number of hydrogen-bond donors (Lipinski definition) is 2. The second-order valence-electron chi connectivity index (χ2n) is 31.0. The van der Waals surface area contributed by atoms with Crippen LogP contribution in [0.15, 0.2) is 267 Å². The van der Waals surface area contributed by atoms with Gasteiger partial charge in [-0.2, -0.15) is 0 Å². The number of halogens is 10. The summed E-state index contributed by atoms with van der Waals surface area (Å²) in [4.78, 5) is 16.7. The normalized spacial score (nSPS) is 19.2. The van der Waals surface area contributed by atoms with E-state index in [-0.39, 0.29) is 135 Å². The van der Waals surface area contributed by atoms with E-state index >= 15 is 43.9 Å². The number of ether oxygens (including phenoxy) is 10. The number of nitrogens with zero attached hydrogens (tertiary/aromatic N) is 2. The molecule has 126 heavy (non-hydrogen) atoms. The van der Waals surface area contributed by atoms with Crippen molar-refractivity contribution in [1.82, 2.24) is 19.9 Å². The fraction of sp³-hybridized carbons (Fsp3) is 0.216. The van der Waals surface area contributed by atoms with Gasteiger partial charge in [-0.25, -0.2) is 53.9 Å². The minimum Gasteiger partial charge on any atom is -0.374 e. The molecule has 642 valence electrons. The number of aromatic amines is 2. The predicted molar refractivity (Wildman–Crippen MR) is 456 cm³/mol. The summed E-state index contributed by atoms with van der Waals surface area (Å²) in [6.45, 7) is 0.0623. The number of rotatable bonds is 32.